The van der Waals surface area contributed by atoms with Gasteiger partial charge in [-0.15, -0.1) is 0 Å². The normalized spacial score (nSPS) is 40.1. The van der Waals surface area contributed by atoms with E-state index in [-0.39, 0.29) is 29.2 Å². The molecule has 1 spiro atoms. The number of benzene rings is 1. The predicted molar refractivity (Wildman–Crippen MR) is 96.5 cm³/mol. The maximum absolute atomic E-state index is 12.6. The van der Waals surface area contributed by atoms with Crippen LogP contribution in [0.4, 0.5) is 5.69 Å². The van der Waals surface area contributed by atoms with Gasteiger partial charge in [0.1, 0.15) is 6.29 Å². The largest absolute Gasteiger partial charge is 0.308 e. The summed E-state index contributed by atoms with van der Waals surface area (Å²) in [6.07, 6.45) is 5.42. The first kappa shape index (κ1) is 15.3. The summed E-state index contributed by atoms with van der Waals surface area (Å²) in [4.78, 5) is 29.5. The highest BCUT2D eigenvalue weighted by Crippen LogP contribution is 2.62. The molecule has 1 aliphatic carbocycles. The van der Waals surface area contributed by atoms with E-state index in [4.69, 9.17) is 0 Å². The van der Waals surface area contributed by atoms with Crippen LogP contribution in [0.25, 0.3) is 0 Å². The van der Waals surface area contributed by atoms with Crippen molar-refractivity contribution < 1.29 is 9.59 Å². The number of fused-ring (bicyclic) bond motifs is 2. The van der Waals surface area contributed by atoms with Gasteiger partial charge >= 0.3 is 0 Å². The molecule has 3 fully saturated rings. The lowest BCUT2D eigenvalue weighted by atomic mass is 9.56. The van der Waals surface area contributed by atoms with E-state index in [1.165, 1.54) is 11.1 Å². The zero-order valence-electron chi connectivity index (χ0n) is 14.8. The summed E-state index contributed by atoms with van der Waals surface area (Å²) in [7, 11) is 0. The highest BCUT2D eigenvalue weighted by atomic mass is 16.2. The summed E-state index contributed by atoms with van der Waals surface area (Å²) in [5, 5.41) is 0. The second-order valence-corrected chi connectivity index (χ2v) is 8.05. The first-order chi connectivity index (χ1) is 12.1. The molecule has 25 heavy (non-hydrogen) atoms. The van der Waals surface area contributed by atoms with Crippen LogP contribution >= 0.6 is 0 Å². The number of amides is 1. The molecule has 4 heteroatoms. The zero-order chi connectivity index (χ0) is 17.3. The van der Waals surface area contributed by atoms with Crippen LogP contribution in [0.15, 0.2) is 35.9 Å². The van der Waals surface area contributed by atoms with Crippen molar-refractivity contribution in [2.45, 2.75) is 44.2 Å². The standard InChI is InChI=1S/C21H24N2O2/c1-3-14-11-22-9-8-21-17-6-4-5-7-18(17)23(13(2)25)20(21)16(12-24)15(14)10-19(21)22/h3-7,12,15-16,19-20H,8-11H2,1-2H3/b14-3-/t15-,16+,19-,20-,21+/m0/s1. The van der Waals surface area contributed by atoms with Crippen LogP contribution in [0.3, 0.4) is 0 Å². The third kappa shape index (κ3) is 1.66. The predicted octanol–water partition coefficient (Wildman–Crippen LogP) is 2.53. The van der Waals surface area contributed by atoms with Gasteiger partial charge in [-0.05, 0) is 43.9 Å². The van der Waals surface area contributed by atoms with Gasteiger partial charge in [0, 0.05) is 36.5 Å². The molecule has 0 radical (unpaired) electrons. The third-order valence-electron chi connectivity index (χ3n) is 7.35. The Balaban J connectivity index is 1.78. The Morgan fingerprint density at radius 2 is 2.12 bits per heavy atom. The van der Waals surface area contributed by atoms with Crippen LogP contribution in [0.5, 0.6) is 0 Å². The first-order valence-corrected chi connectivity index (χ1v) is 9.37. The minimum absolute atomic E-state index is 0.0381. The van der Waals surface area contributed by atoms with Gasteiger partial charge in [0.15, 0.2) is 0 Å². The average Bonchev–Trinajstić information content (AvgIpc) is 3.15. The molecule has 0 unspecified atom stereocenters. The molecule has 3 aliphatic heterocycles. The molecule has 130 valence electrons. The van der Waals surface area contributed by atoms with Gasteiger partial charge in [-0.1, -0.05) is 29.8 Å². The van der Waals surface area contributed by atoms with Gasteiger partial charge in [-0.2, -0.15) is 0 Å². The molecule has 2 saturated heterocycles. The van der Waals surface area contributed by atoms with Crippen LogP contribution in [0.1, 0.15) is 32.3 Å². The van der Waals surface area contributed by atoms with Crippen molar-refractivity contribution in [1.82, 2.24) is 4.90 Å². The van der Waals surface area contributed by atoms with Gasteiger partial charge in [0.25, 0.3) is 0 Å². The number of carbonyl (C=O) groups excluding carboxylic acids is 2. The number of allylic oxidation sites excluding steroid dienone is 1. The molecule has 5 atom stereocenters. The van der Waals surface area contributed by atoms with Gasteiger partial charge in [-0.25, -0.2) is 0 Å². The highest BCUT2D eigenvalue weighted by molar-refractivity contribution is 5.97. The summed E-state index contributed by atoms with van der Waals surface area (Å²) in [5.74, 6) is 0.219. The molecule has 0 N–H and O–H groups in total. The fourth-order valence-electron chi connectivity index (χ4n) is 6.53. The monoisotopic (exact) mass is 336 g/mol. The van der Waals surface area contributed by atoms with E-state index in [0.29, 0.717) is 6.04 Å². The number of rotatable bonds is 1. The smallest absolute Gasteiger partial charge is 0.224 e. The van der Waals surface area contributed by atoms with Crippen LogP contribution in [-0.2, 0) is 15.0 Å². The fourth-order valence-corrected chi connectivity index (χ4v) is 6.53. The molecule has 1 aromatic rings. The summed E-state index contributed by atoms with van der Waals surface area (Å²) < 4.78 is 0. The number of aldehydes is 1. The minimum Gasteiger partial charge on any atom is -0.308 e. The van der Waals surface area contributed by atoms with Crippen molar-refractivity contribution in [2.75, 3.05) is 18.0 Å². The lowest BCUT2D eigenvalue weighted by Gasteiger charge is -2.55. The lowest BCUT2D eigenvalue weighted by molar-refractivity contribution is -0.120. The Morgan fingerprint density at radius 1 is 1.32 bits per heavy atom. The highest BCUT2D eigenvalue weighted by Gasteiger charge is 2.67. The molecule has 2 bridgehead atoms. The molecular weight excluding hydrogens is 312 g/mol. The van der Waals surface area contributed by atoms with E-state index in [1.807, 2.05) is 11.0 Å². The van der Waals surface area contributed by atoms with Gasteiger partial charge < -0.3 is 9.69 Å². The second kappa shape index (κ2) is 5.04. The van der Waals surface area contributed by atoms with E-state index in [0.717, 1.165) is 37.9 Å². The van der Waals surface area contributed by atoms with Crippen molar-refractivity contribution in [3.63, 3.8) is 0 Å². The van der Waals surface area contributed by atoms with Crippen LogP contribution in [0.2, 0.25) is 0 Å². The number of hydrogen-bond acceptors (Lipinski definition) is 3. The second-order valence-electron chi connectivity index (χ2n) is 8.05. The molecule has 5 rings (SSSR count). The Hall–Kier alpha value is -1.94. The van der Waals surface area contributed by atoms with E-state index < -0.39 is 0 Å². The Labute approximate surface area is 148 Å². The SMILES string of the molecule is C/C=C1/CN2CC[C@]34c5ccccc5N(C(C)=O)[C@H]3[C@H](C=O)[C@H]1C[C@H]24. The Bertz CT molecular complexity index is 801. The molecule has 4 nitrogen and oxygen atoms in total. The summed E-state index contributed by atoms with van der Waals surface area (Å²) >= 11 is 0. The van der Waals surface area contributed by atoms with E-state index in [1.54, 1.807) is 6.92 Å². The summed E-state index contributed by atoms with van der Waals surface area (Å²) in [6, 6.07) is 8.75. The van der Waals surface area contributed by atoms with Gasteiger partial charge in [0.05, 0.1) is 6.04 Å². The number of hydrogen-bond donors (Lipinski definition) is 0. The number of para-hydroxylation sites is 1. The summed E-state index contributed by atoms with van der Waals surface area (Å²) in [5.41, 5.74) is 3.62. The molecule has 1 saturated carbocycles. The van der Waals surface area contributed by atoms with Crippen LogP contribution in [-0.4, -0.2) is 42.3 Å². The topological polar surface area (TPSA) is 40.6 Å². The number of piperidine rings is 1. The summed E-state index contributed by atoms with van der Waals surface area (Å²) in [6.45, 7) is 5.76. The van der Waals surface area contributed by atoms with Crippen molar-refractivity contribution in [3.8, 4) is 0 Å². The van der Waals surface area contributed by atoms with Crippen LogP contribution in [0, 0.1) is 11.8 Å². The number of anilines is 1. The molecule has 0 aromatic heterocycles. The molecule has 3 heterocycles. The lowest BCUT2D eigenvalue weighted by Crippen LogP contribution is -2.65. The number of nitrogens with zero attached hydrogens (tertiary/aromatic N) is 2. The Kier molecular flexibility index (Phi) is 3.09. The van der Waals surface area contributed by atoms with E-state index in [9.17, 15) is 9.59 Å². The van der Waals surface area contributed by atoms with Crippen molar-refractivity contribution in [3.05, 3.63) is 41.5 Å². The van der Waals surface area contributed by atoms with Gasteiger partial charge in [-0.3, -0.25) is 9.69 Å². The van der Waals surface area contributed by atoms with E-state index in [2.05, 4.69) is 36.1 Å². The molecule has 1 aromatic carbocycles. The van der Waals surface area contributed by atoms with Gasteiger partial charge in [0.2, 0.25) is 5.91 Å². The fraction of sp³-hybridized carbons (Fsp3) is 0.524. The average molecular weight is 336 g/mol. The molecule has 4 aliphatic rings. The maximum atomic E-state index is 12.6. The van der Waals surface area contributed by atoms with E-state index >= 15 is 0 Å². The third-order valence-corrected chi connectivity index (χ3v) is 7.35. The van der Waals surface area contributed by atoms with Crippen molar-refractivity contribution >= 4 is 17.9 Å². The Morgan fingerprint density at radius 3 is 2.84 bits per heavy atom. The minimum atomic E-state index is -0.112. The molecular formula is C21H24N2O2. The number of carbonyl (C=O) groups is 2. The van der Waals surface area contributed by atoms with Crippen molar-refractivity contribution in [1.29, 1.82) is 0 Å². The zero-order valence-corrected chi connectivity index (χ0v) is 14.8. The quantitative estimate of drug-likeness (QED) is 0.584. The molecule has 1 amide bonds. The maximum Gasteiger partial charge on any atom is 0.224 e. The van der Waals surface area contributed by atoms with Crippen molar-refractivity contribution in [2.24, 2.45) is 11.8 Å². The van der Waals surface area contributed by atoms with Crippen LogP contribution < -0.4 is 4.90 Å². The first-order valence-electron chi connectivity index (χ1n) is 9.37.